The van der Waals surface area contributed by atoms with Crippen LogP contribution < -0.4 is 4.74 Å². The maximum atomic E-state index is 12.0. The van der Waals surface area contributed by atoms with Crippen molar-refractivity contribution in [3.05, 3.63) is 28.2 Å². The van der Waals surface area contributed by atoms with Crippen molar-refractivity contribution >= 4 is 46.8 Å². The summed E-state index contributed by atoms with van der Waals surface area (Å²) in [7, 11) is 0. The molecule has 2 rings (SSSR count). The van der Waals surface area contributed by atoms with Crippen LogP contribution in [0.5, 0.6) is 5.75 Å². The number of ether oxygens (including phenoxy) is 1. The third-order valence-corrected chi connectivity index (χ3v) is 4.71. The minimum Gasteiger partial charge on any atom is -0.493 e. The van der Waals surface area contributed by atoms with Crippen molar-refractivity contribution in [2.75, 3.05) is 18.2 Å². The maximum Gasteiger partial charge on any atom is 0.327 e. The monoisotopic (exact) mass is 349 g/mol. The Morgan fingerprint density at radius 1 is 1.38 bits per heavy atom. The van der Waals surface area contributed by atoms with Gasteiger partial charge < -0.3 is 14.7 Å². The van der Waals surface area contributed by atoms with Gasteiger partial charge in [-0.05, 0) is 12.1 Å². The Morgan fingerprint density at radius 3 is 2.81 bits per heavy atom. The molecule has 0 saturated carbocycles. The van der Waals surface area contributed by atoms with Crippen molar-refractivity contribution in [1.29, 1.82) is 0 Å². The van der Waals surface area contributed by atoms with Crippen molar-refractivity contribution in [1.82, 2.24) is 4.90 Å². The number of carbonyl (C=O) groups is 2. The number of thioether (sulfide) groups is 1. The molecule has 1 aromatic rings. The van der Waals surface area contributed by atoms with Gasteiger partial charge in [-0.2, -0.15) is 0 Å². The van der Waals surface area contributed by atoms with Crippen molar-refractivity contribution in [2.45, 2.75) is 12.5 Å². The Labute approximate surface area is 136 Å². The number of nitrogens with zero attached hydrogens (tertiary/aromatic N) is 1. The number of benzene rings is 1. The zero-order chi connectivity index (χ0) is 15.4. The molecular weight excluding hydrogens is 337 g/mol. The van der Waals surface area contributed by atoms with Crippen molar-refractivity contribution < 1.29 is 19.4 Å². The minimum absolute atomic E-state index is 0.116. The van der Waals surface area contributed by atoms with E-state index < -0.39 is 12.0 Å². The van der Waals surface area contributed by atoms with Gasteiger partial charge in [0.1, 0.15) is 11.8 Å². The molecule has 8 heteroatoms. The summed E-state index contributed by atoms with van der Waals surface area (Å²) in [5.41, 5.74) is 0. The summed E-state index contributed by atoms with van der Waals surface area (Å²) in [6.07, 6.45) is 0.116. The van der Waals surface area contributed by atoms with E-state index in [1.807, 2.05) is 0 Å². The highest BCUT2D eigenvalue weighted by molar-refractivity contribution is 7.99. The average Bonchev–Trinajstić information content (AvgIpc) is 2.92. The van der Waals surface area contributed by atoms with Crippen LogP contribution in [0.15, 0.2) is 18.2 Å². The maximum absolute atomic E-state index is 12.0. The van der Waals surface area contributed by atoms with E-state index >= 15 is 0 Å². The highest BCUT2D eigenvalue weighted by Crippen LogP contribution is 2.26. The van der Waals surface area contributed by atoms with E-state index in [2.05, 4.69) is 0 Å². The third kappa shape index (κ3) is 4.18. The number of aliphatic carboxylic acids is 1. The fraction of sp³-hybridized carbons (Fsp3) is 0.385. The summed E-state index contributed by atoms with van der Waals surface area (Å²) in [4.78, 5) is 24.4. The minimum atomic E-state index is -0.973. The highest BCUT2D eigenvalue weighted by atomic mass is 35.5. The second-order valence-electron chi connectivity index (χ2n) is 4.39. The molecule has 0 aliphatic carbocycles. The molecule has 0 unspecified atom stereocenters. The largest absolute Gasteiger partial charge is 0.493 e. The molecule has 1 heterocycles. The third-order valence-electron chi connectivity index (χ3n) is 2.96. The summed E-state index contributed by atoms with van der Waals surface area (Å²) < 4.78 is 5.42. The molecule has 114 valence electrons. The van der Waals surface area contributed by atoms with Crippen LogP contribution in [0.1, 0.15) is 6.42 Å². The second-order valence-corrected chi connectivity index (χ2v) is 6.21. The molecule has 0 spiro atoms. The summed E-state index contributed by atoms with van der Waals surface area (Å²) in [5, 5.41) is 9.83. The predicted octanol–water partition coefficient (Wildman–Crippen LogP) is 2.75. The molecule has 1 fully saturated rings. The number of halogens is 2. The molecule has 1 aliphatic rings. The van der Waals surface area contributed by atoms with Gasteiger partial charge in [0.25, 0.3) is 0 Å². The van der Waals surface area contributed by atoms with Crippen LogP contribution in [-0.2, 0) is 9.59 Å². The van der Waals surface area contributed by atoms with E-state index in [0.717, 1.165) is 0 Å². The molecule has 0 bridgehead atoms. The van der Waals surface area contributed by atoms with E-state index in [4.69, 9.17) is 33.0 Å². The molecule has 1 atom stereocenters. The molecule has 0 aromatic heterocycles. The molecule has 1 saturated heterocycles. The van der Waals surface area contributed by atoms with E-state index in [1.54, 1.807) is 18.2 Å². The summed E-state index contributed by atoms with van der Waals surface area (Å²) in [6.45, 7) is 0.157. The van der Waals surface area contributed by atoms with Crippen LogP contribution in [0.3, 0.4) is 0 Å². The normalized spacial score (nSPS) is 17.8. The van der Waals surface area contributed by atoms with Crippen molar-refractivity contribution in [3.8, 4) is 5.75 Å². The van der Waals surface area contributed by atoms with Gasteiger partial charge in [0.05, 0.1) is 28.9 Å². The van der Waals surface area contributed by atoms with Gasteiger partial charge >= 0.3 is 5.97 Å². The highest BCUT2D eigenvalue weighted by Gasteiger charge is 2.34. The van der Waals surface area contributed by atoms with Crippen molar-refractivity contribution in [3.63, 3.8) is 0 Å². The van der Waals surface area contributed by atoms with E-state index in [1.165, 1.54) is 16.7 Å². The first-order valence-corrected chi connectivity index (χ1v) is 8.08. The zero-order valence-corrected chi connectivity index (χ0v) is 13.2. The van der Waals surface area contributed by atoms with Crippen LogP contribution in [0.4, 0.5) is 0 Å². The van der Waals surface area contributed by atoms with Gasteiger partial charge in [0, 0.05) is 11.8 Å². The summed E-state index contributed by atoms with van der Waals surface area (Å²) in [6, 6.07) is 4.09. The molecule has 1 amide bonds. The SMILES string of the molecule is O=C(O)[C@@H]1CSCN1C(=O)CCOc1ccc(Cl)c(Cl)c1. The number of hydrogen-bond acceptors (Lipinski definition) is 4. The van der Waals surface area contributed by atoms with Crippen LogP contribution >= 0.6 is 35.0 Å². The molecule has 1 aromatic carbocycles. The first-order valence-electron chi connectivity index (χ1n) is 6.17. The molecule has 5 nitrogen and oxygen atoms in total. The Bertz CT molecular complexity index is 555. The zero-order valence-electron chi connectivity index (χ0n) is 10.9. The number of carboxylic acid groups (broad SMARTS) is 1. The van der Waals surface area contributed by atoms with Crippen LogP contribution in [-0.4, -0.2) is 46.2 Å². The smallest absolute Gasteiger partial charge is 0.327 e. The topological polar surface area (TPSA) is 66.8 Å². The van der Waals surface area contributed by atoms with Gasteiger partial charge in [-0.25, -0.2) is 4.79 Å². The lowest BCUT2D eigenvalue weighted by Crippen LogP contribution is -2.42. The predicted molar refractivity (Wildman–Crippen MR) is 82.2 cm³/mol. The number of carboxylic acids is 1. The Morgan fingerprint density at radius 2 is 2.14 bits per heavy atom. The first-order chi connectivity index (χ1) is 9.99. The van der Waals surface area contributed by atoms with Crippen LogP contribution in [0, 0.1) is 0 Å². The van der Waals surface area contributed by atoms with E-state index in [-0.39, 0.29) is 18.9 Å². The molecule has 21 heavy (non-hydrogen) atoms. The average molecular weight is 350 g/mol. The Hall–Kier alpha value is -1.11. The number of amides is 1. The number of carbonyl (C=O) groups excluding carboxylic acids is 1. The van der Waals surface area contributed by atoms with Gasteiger partial charge in [0.15, 0.2) is 0 Å². The van der Waals surface area contributed by atoms with Crippen molar-refractivity contribution in [2.24, 2.45) is 0 Å². The second kappa shape index (κ2) is 7.24. The lowest BCUT2D eigenvalue weighted by Gasteiger charge is -2.20. The fourth-order valence-electron chi connectivity index (χ4n) is 1.86. The standard InChI is InChI=1S/C13H13Cl2NO4S/c14-9-2-1-8(5-10(9)15)20-4-3-12(17)16-7-21-6-11(16)13(18)19/h1-2,5,11H,3-4,6-7H2,(H,18,19)/t11-/m0/s1. The number of hydrogen-bond donors (Lipinski definition) is 1. The number of rotatable bonds is 5. The Kier molecular flexibility index (Phi) is 5.61. The van der Waals surface area contributed by atoms with E-state index in [0.29, 0.717) is 27.4 Å². The fourth-order valence-corrected chi connectivity index (χ4v) is 3.32. The van der Waals surface area contributed by atoms with Crippen LogP contribution in [0.25, 0.3) is 0 Å². The molecule has 1 aliphatic heterocycles. The van der Waals surface area contributed by atoms with Gasteiger partial charge in [-0.3, -0.25) is 4.79 Å². The molecule has 0 radical (unpaired) electrons. The lowest BCUT2D eigenvalue weighted by atomic mass is 10.2. The van der Waals surface area contributed by atoms with E-state index in [9.17, 15) is 9.59 Å². The molecular formula is C13H13Cl2NO4S. The van der Waals surface area contributed by atoms with Gasteiger partial charge in [-0.15, -0.1) is 11.8 Å². The van der Waals surface area contributed by atoms with Gasteiger partial charge in [-0.1, -0.05) is 23.2 Å². The quantitative estimate of drug-likeness (QED) is 0.885. The van der Waals surface area contributed by atoms with Gasteiger partial charge in [0.2, 0.25) is 5.91 Å². The van der Waals surface area contributed by atoms with Crippen LogP contribution in [0.2, 0.25) is 10.0 Å². The first kappa shape index (κ1) is 16.3. The summed E-state index contributed by atoms with van der Waals surface area (Å²) in [5.74, 6) is 0.145. The Balaban J connectivity index is 1.84. The lowest BCUT2D eigenvalue weighted by molar-refractivity contribution is -0.147. The summed E-state index contributed by atoms with van der Waals surface area (Å²) >= 11 is 13.1. The molecule has 1 N–H and O–H groups in total.